The molecule has 7 nitrogen and oxygen atoms in total. The third-order valence-corrected chi connectivity index (χ3v) is 2.65. The SMILES string of the molecule is CCn1ncc(N)c1C(=O)NCc1ccnc(C)n1. The number of nitrogens with two attached hydrogens (primary N) is 1. The molecule has 0 atom stereocenters. The van der Waals surface area contributed by atoms with Gasteiger partial charge in [-0.1, -0.05) is 0 Å². The van der Waals surface area contributed by atoms with E-state index in [9.17, 15) is 4.79 Å². The van der Waals surface area contributed by atoms with Crippen LogP contribution in [-0.4, -0.2) is 25.7 Å². The first kappa shape index (κ1) is 13.0. The summed E-state index contributed by atoms with van der Waals surface area (Å²) >= 11 is 0. The van der Waals surface area contributed by atoms with Crippen LogP contribution in [-0.2, 0) is 13.1 Å². The fourth-order valence-corrected chi connectivity index (χ4v) is 1.75. The van der Waals surface area contributed by atoms with E-state index in [0.29, 0.717) is 30.3 Å². The molecule has 0 fully saturated rings. The second kappa shape index (κ2) is 5.47. The number of aryl methyl sites for hydroxylation is 2. The summed E-state index contributed by atoms with van der Waals surface area (Å²) in [6, 6.07) is 1.76. The number of carbonyl (C=O) groups excluding carboxylic acids is 1. The Hall–Kier alpha value is -2.44. The van der Waals surface area contributed by atoms with Crippen LogP contribution >= 0.6 is 0 Å². The van der Waals surface area contributed by atoms with Gasteiger partial charge in [-0.15, -0.1) is 0 Å². The van der Waals surface area contributed by atoms with E-state index >= 15 is 0 Å². The highest BCUT2D eigenvalue weighted by molar-refractivity contribution is 5.97. The van der Waals surface area contributed by atoms with Crippen LogP contribution in [0.1, 0.15) is 28.9 Å². The van der Waals surface area contributed by atoms with Crippen molar-refractivity contribution in [3.63, 3.8) is 0 Å². The number of anilines is 1. The van der Waals surface area contributed by atoms with Crippen molar-refractivity contribution >= 4 is 11.6 Å². The van der Waals surface area contributed by atoms with Gasteiger partial charge >= 0.3 is 0 Å². The van der Waals surface area contributed by atoms with Gasteiger partial charge in [-0.2, -0.15) is 5.10 Å². The second-order valence-electron chi connectivity index (χ2n) is 4.04. The zero-order valence-corrected chi connectivity index (χ0v) is 10.9. The summed E-state index contributed by atoms with van der Waals surface area (Å²) in [5.41, 5.74) is 7.25. The van der Waals surface area contributed by atoms with Crippen molar-refractivity contribution in [2.24, 2.45) is 0 Å². The van der Waals surface area contributed by atoms with Gasteiger partial charge in [0.25, 0.3) is 5.91 Å². The first-order valence-electron chi connectivity index (χ1n) is 5.99. The Bertz CT molecular complexity index is 592. The van der Waals surface area contributed by atoms with Crippen molar-refractivity contribution in [3.8, 4) is 0 Å². The number of carbonyl (C=O) groups is 1. The molecule has 0 aliphatic rings. The molecule has 0 radical (unpaired) electrons. The molecule has 2 rings (SSSR count). The average Bonchev–Trinajstić information content (AvgIpc) is 2.77. The van der Waals surface area contributed by atoms with Crippen molar-refractivity contribution in [3.05, 3.63) is 35.7 Å². The molecular weight excluding hydrogens is 244 g/mol. The Morgan fingerprint density at radius 3 is 3.00 bits per heavy atom. The molecule has 0 aliphatic heterocycles. The Morgan fingerprint density at radius 2 is 2.32 bits per heavy atom. The Labute approximate surface area is 110 Å². The van der Waals surface area contributed by atoms with E-state index in [2.05, 4.69) is 20.4 Å². The summed E-state index contributed by atoms with van der Waals surface area (Å²) in [5.74, 6) is 0.415. The van der Waals surface area contributed by atoms with Gasteiger partial charge in [0.1, 0.15) is 11.5 Å². The van der Waals surface area contributed by atoms with Gasteiger partial charge in [-0.05, 0) is 19.9 Å². The van der Waals surface area contributed by atoms with E-state index in [4.69, 9.17) is 5.73 Å². The van der Waals surface area contributed by atoms with E-state index < -0.39 is 0 Å². The first-order chi connectivity index (χ1) is 9.11. The van der Waals surface area contributed by atoms with Gasteiger partial charge in [0.2, 0.25) is 0 Å². The third-order valence-electron chi connectivity index (χ3n) is 2.65. The van der Waals surface area contributed by atoms with Crippen LogP contribution in [0.15, 0.2) is 18.5 Å². The third kappa shape index (κ3) is 2.87. The lowest BCUT2D eigenvalue weighted by Crippen LogP contribution is -2.27. The fraction of sp³-hybridized carbons (Fsp3) is 0.333. The van der Waals surface area contributed by atoms with Crippen molar-refractivity contribution in [2.45, 2.75) is 26.9 Å². The summed E-state index contributed by atoms with van der Waals surface area (Å²) in [6.07, 6.45) is 3.14. The van der Waals surface area contributed by atoms with Crippen LogP contribution in [0.3, 0.4) is 0 Å². The average molecular weight is 260 g/mol. The molecule has 1 amide bonds. The summed E-state index contributed by atoms with van der Waals surface area (Å²) in [6.45, 7) is 4.62. The molecule has 0 bridgehead atoms. The van der Waals surface area contributed by atoms with Gasteiger partial charge in [0.15, 0.2) is 0 Å². The van der Waals surface area contributed by atoms with E-state index in [0.717, 1.165) is 5.69 Å². The van der Waals surface area contributed by atoms with Crippen molar-refractivity contribution in [1.29, 1.82) is 0 Å². The van der Waals surface area contributed by atoms with Crippen LogP contribution in [0.5, 0.6) is 0 Å². The van der Waals surface area contributed by atoms with Gasteiger partial charge < -0.3 is 11.1 Å². The highest BCUT2D eigenvalue weighted by atomic mass is 16.2. The molecular formula is C12H16N6O. The molecule has 2 aromatic rings. The van der Waals surface area contributed by atoms with E-state index in [1.165, 1.54) is 6.20 Å². The van der Waals surface area contributed by atoms with Crippen molar-refractivity contribution in [2.75, 3.05) is 5.73 Å². The summed E-state index contributed by atoms with van der Waals surface area (Å²) in [4.78, 5) is 20.3. The maximum Gasteiger partial charge on any atom is 0.272 e. The zero-order valence-electron chi connectivity index (χ0n) is 10.9. The van der Waals surface area contributed by atoms with Crippen LogP contribution in [0.25, 0.3) is 0 Å². The molecule has 7 heteroatoms. The summed E-state index contributed by atoms with van der Waals surface area (Å²) in [7, 11) is 0. The highest BCUT2D eigenvalue weighted by Crippen LogP contribution is 2.10. The number of hydrogen-bond acceptors (Lipinski definition) is 5. The molecule has 0 saturated heterocycles. The minimum absolute atomic E-state index is 0.256. The summed E-state index contributed by atoms with van der Waals surface area (Å²) < 4.78 is 1.57. The Morgan fingerprint density at radius 1 is 1.53 bits per heavy atom. The number of hydrogen-bond donors (Lipinski definition) is 2. The number of rotatable bonds is 4. The normalized spacial score (nSPS) is 10.4. The lowest BCUT2D eigenvalue weighted by atomic mass is 10.3. The first-order valence-corrected chi connectivity index (χ1v) is 5.99. The zero-order chi connectivity index (χ0) is 13.8. The van der Waals surface area contributed by atoms with Gasteiger partial charge in [-0.25, -0.2) is 9.97 Å². The fourth-order valence-electron chi connectivity index (χ4n) is 1.75. The van der Waals surface area contributed by atoms with Crippen LogP contribution in [0, 0.1) is 6.92 Å². The summed E-state index contributed by atoms with van der Waals surface area (Å²) in [5, 5.41) is 6.80. The minimum Gasteiger partial charge on any atom is -0.396 e. The monoisotopic (exact) mass is 260 g/mol. The number of amides is 1. The van der Waals surface area contributed by atoms with Crippen LogP contribution < -0.4 is 11.1 Å². The van der Waals surface area contributed by atoms with Gasteiger partial charge in [-0.3, -0.25) is 9.48 Å². The molecule has 0 unspecified atom stereocenters. The largest absolute Gasteiger partial charge is 0.396 e. The van der Waals surface area contributed by atoms with Gasteiger partial charge in [0, 0.05) is 12.7 Å². The molecule has 2 heterocycles. The maximum atomic E-state index is 12.1. The number of aromatic nitrogens is 4. The number of nitrogens with zero attached hydrogens (tertiary/aromatic N) is 4. The quantitative estimate of drug-likeness (QED) is 0.834. The minimum atomic E-state index is -0.256. The smallest absolute Gasteiger partial charge is 0.272 e. The molecule has 2 aromatic heterocycles. The molecule has 0 saturated carbocycles. The molecule has 3 N–H and O–H groups in total. The highest BCUT2D eigenvalue weighted by Gasteiger charge is 2.15. The maximum absolute atomic E-state index is 12.1. The Balaban J connectivity index is 2.07. The number of nitrogen functional groups attached to an aromatic ring is 1. The van der Waals surface area contributed by atoms with Crippen molar-refractivity contribution < 1.29 is 4.79 Å². The van der Waals surface area contributed by atoms with Crippen LogP contribution in [0.2, 0.25) is 0 Å². The van der Waals surface area contributed by atoms with Crippen LogP contribution in [0.4, 0.5) is 5.69 Å². The lowest BCUT2D eigenvalue weighted by molar-refractivity contribution is 0.0940. The molecule has 0 aromatic carbocycles. The Kier molecular flexibility index (Phi) is 3.74. The lowest BCUT2D eigenvalue weighted by Gasteiger charge is -2.07. The molecule has 100 valence electrons. The number of nitrogens with one attached hydrogen (secondary N) is 1. The van der Waals surface area contributed by atoms with E-state index in [-0.39, 0.29) is 5.91 Å². The second-order valence-corrected chi connectivity index (χ2v) is 4.04. The predicted octanol–water partition coefficient (Wildman–Crippen LogP) is 0.514. The van der Waals surface area contributed by atoms with E-state index in [1.807, 2.05) is 6.92 Å². The predicted molar refractivity (Wildman–Crippen MR) is 70.3 cm³/mol. The molecule has 0 aliphatic carbocycles. The molecule has 19 heavy (non-hydrogen) atoms. The standard InChI is InChI=1S/C12H16N6O/c1-3-18-11(10(13)7-16-18)12(19)15-6-9-4-5-14-8(2)17-9/h4-5,7H,3,6,13H2,1-2H3,(H,15,19). The van der Waals surface area contributed by atoms with E-state index in [1.54, 1.807) is 23.9 Å². The van der Waals surface area contributed by atoms with Gasteiger partial charge in [0.05, 0.1) is 24.1 Å². The topological polar surface area (TPSA) is 98.7 Å². The van der Waals surface area contributed by atoms with Crippen molar-refractivity contribution in [1.82, 2.24) is 25.1 Å². The molecule has 0 spiro atoms.